The van der Waals surface area contributed by atoms with Gasteiger partial charge in [0.1, 0.15) is 18.5 Å². The van der Waals surface area contributed by atoms with Gasteiger partial charge in [-0.1, -0.05) is 75.8 Å². The van der Waals surface area contributed by atoms with Crippen molar-refractivity contribution in [3.8, 4) is 5.75 Å². The zero-order chi connectivity index (χ0) is 16.9. The van der Waals surface area contributed by atoms with Gasteiger partial charge < -0.3 is 9.47 Å². The van der Waals surface area contributed by atoms with Crippen LogP contribution in [0.4, 0.5) is 0 Å². The zero-order valence-corrected chi connectivity index (χ0v) is 15.3. The predicted molar refractivity (Wildman–Crippen MR) is 102 cm³/mol. The Kier molecular flexibility index (Phi) is 9.63. The summed E-state index contributed by atoms with van der Waals surface area (Å²) in [4.78, 5) is 0. The van der Waals surface area contributed by atoms with Gasteiger partial charge in [0, 0.05) is 0 Å². The topological polar surface area (TPSA) is 21.8 Å². The smallest absolute Gasteiger partial charge is 0.122 e. The number of ether oxygens (including phenoxy) is 2. The van der Waals surface area contributed by atoms with E-state index < -0.39 is 0 Å². The van der Waals surface area contributed by atoms with Gasteiger partial charge >= 0.3 is 0 Å². The summed E-state index contributed by atoms with van der Waals surface area (Å²) in [6.45, 7) is 3.81. The minimum atomic E-state index is 0.319. The van der Waals surface area contributed by atoms with Gasteiger partial charge in [-0.3, -0.25) is 0 Å². The van der Waals surface area contributed by atoms with Crippen molar-refractivity contribution in [2.45, 2.75) is 77.2 Å². The zero-order valence-electron chi connectivity index (χ0n) is 15.3. The Morgan fingerprint density at radius 2 is 1.71 bits per heavy atom. The second kappa shape index (κ2) is 12.1. The molecule has 1 aliphatic rings. The van der Waals surface area contributed by atoms with Crippen molar-refractivity contribution in [1.29, 1.82) is 0 Å². The molecule has 1 saturated heterocycles. The number of epoxide rings is 1. The van der Waals surface area contributed by atoms with E-state index in [1.54, 1.807) is 0 Å². The molecule has 1 unspecified atom stereocenters. The highest BCUT2D eigenvalue weighted by Gasteiger charge is 2.23. The lowest BCUT2D eigenvalue weighted by Gasteiger charge is -2.09. The predicted octanol–water partition coefficient (Wildman–Crippen LogP) is 6.09. The van der Waals surface area contributed by atoms with Gasteiger partial charge in [0.25, 0.3) is 0 Å². The molecule has 2 nitrogen and oxygen atoms in total. The number of hydrogen-bond acceptors (Lipinski definition) is 2. The fraction of sp³-hybridized carbons (Fsp3) is 0.636. The Morgan fingerprint density at radius 3 is 2.50 bits per heavy atom. The number of para-hydroxylation sites is 1. The normalized spacial score (nSPS) is 16.6. The summed E-state index contributed by atoms with van der Waals surface area (Å²) in [6, 6.07) is 8.38. The minimum absolute atomic E-state index is 0.319. The summed E-state index contributed by atoms with van der Waals surface area (Å²) in [6.07, 6.45) is 18.1. The summed E-state index contributed by atoms with van der Waals surface area (Å²) < 4.78 is 11.1. The molecule has 0 amide bonds. The van der Waals surface area contributed by atoms with Gasteiger partial charge in [-0.15, -0.1) is 0 Å². The average Bonchev–Trinajstić information content (AvgIpc) is 3.43. The fourth-order valence-corrected chi connectivity index (χ4v) is 2.89. The lowest BCUT2D eigenvalue weighted by atomic mass is 10.1. The van der Waals surface area contributed by atoms with Gasteiger partial charge in [-0.05, 0) is 37.3 Å². The van der Waals surface area contributed by atoms with Gasteiger partial charge in [-0.2, -0.15) is 0 Å². The Morgan fingerprint density at radius 1 is 1.00 bits per heavy atom. The van der Waals surface area contributed by atoms with Crippen LogP contribution in [-0.2, 0) is 11.2 Å². The van der Waals surface area contributed by atoms with Crippen LogP contribution in [0.25, 0.3) is 0 Å². The summed E-state index contributed by atoms with van der Waals surface area (Å²) in [5.74, 6) is 1.02. The van der Waals surface area contributed by atoms with Crippen LogP contribution < -0.4 is 4.74 Å². The van der Waals surface area contributed by atoms with Gasteiger partial charge in [-0.25, -0.2) is 0 Å². The Balaban J connectivity index is 1.53. The molecule has 1 aliphatic heterocycles. The molecule has 0 aliphatic carbocycles. The molecule has 1 aromatic rings. The Hall–Kier alpha value is -1.28. The fourth-order valence-electron chi connectivity index (χ4n) is 2.89. The van der Waals surface area contributed by atoms with Crippen LogP contribution in [0.15, 0.2) is 36.4 Å². The average molecular weight is 331 g/mol. The Bertz CT molecular complexity index is 463. The van der Waals surface area contributed by atoms with E-state index >= 15 is 0 Å². The van der Waals surface area contributed by atoms with Crippen LogP contribution in [0.3, 0.4) is 0 Å². The molecule has 0 bridgehead atoms. The van der Waals surface area contributed by atoms with Crippen molar-refractivity contribution in [2.24, 2.45) is 0 Å². The molecule has 2 rings (SSSR count). The van der Waals surface area contributed by atoms with Crippen LogP contribution >= 0.6 is 0 Å². The van der Waals surface area contributed by atoms with Crippen LogP contribution in [0.1, 0.15) is 70.3 Å². The lowest BCUT2D eigenvalue weighted by Crippen LogP contribution is -2.05. The van der Waals surface area contributed by atoms with Crippen molar-refractivity contribution in [3.63, 3.8) is 0 Å². The molecule has 0 spiro atoms. The highest BCUT2D eigenvalue weighted by Crippen LogP contribution is 2.21. The van der Waals surface area contributed by atoms with E-state index in [9.17, 15) is 0 Å². The van der Waals surface area contributed by atoms with Crippen LogP contribution in [0.2, 0.25) is 0 Å². The third kappa shape index (κ3) is 8.54. The minimum Gasteiger partial charge on any atom is -0.491 e. The van der Waals surface area contributed by atoms with E-state index in [1.807, 2.05) is 6.07 Å². The number of aryl methyl sites for hydroxylation is 1. The molecule has 24 heavy (non-hydrogen) atoms. The summed E-state index contributed by atoms with van der Waals surface area (Å²) in [7, 11) is 0. The summed E-state index contributed by atoms with van der Waals surface area (Å²) in [5.41, 5.74) is 1.30. The van der Waals surface area contributed by atoms with E-state index in [-0.39, 0.29) is 0 Å². The Labute approximate surface area is 148 Å². The summed E-state index contributed by atoms with van der Waals surface area (Å²) >= 11 is 0. The molecule has 2 heteroatoms. The second-order valence-electron chi connectivity index (χ2n) is 6.79. The van der Waals surface area contributed by atoms with E-state index in [4.69, 9.17) is 9.47 Å². The molecule has 0 radical (unpaired) electrons. The maximum absolute atomic E-state index is 5.86. The van der Waals surface area contributed by atoms with E-state index in [1.165, 1.54) is 56.9 Å². The highest BCUT2D eigenvalue weighted by atomic mass is 16.6. The SMILES string of the molecule is CCCCCCCCC/C=C/CCc1ccccc1OCC1CO1. The first-order valence-electron chi connectivity index (χ1n) is 9.87. The third-order valence-electron chi connectivity index (χ3n) is 4.52. The van der Waals surface area contributed by atoms with Crippen molar-refractivity contribution in [1.82, 2.24) is 0 Å². The number of allylic oxidation sites excluding steroid dienone is 2. The van der Waals surface area contributed by atoms with E-state index in [0.717, 1.165) is 25.2 Å². The highest BCUT2D eigenvalue weighted by molar-refractivity contribution is 5.33. The molecule has 0 saturated carbocycles. The molecule has 1 fully saturated rings. The summed E-state index contributed by atoms with van der Waals surface area (Å²) in [5, 5.41) is 0. The van der Waals surface area contributed by atoms with Crippen molar-refractivity contribution >= 4 is 0 Å². The molecular formula is C22H34O2. The molecule has 0 aromatic heterocycles. The van der Waals surface area contributed by atoms with Crippen LogP contribution in [0.5, 0.6) is 5.75 Å². The molecular weight excluding hydrogens is 296 g/mol. The van der Waals surface area contributed by atoms with E-state index in [2.05, 4.69) is 37.3 Å². The standard InChI is InChI=1S/C22H34O2/c1-2-3-4-5-6-7-8-9-10-11-12-15-20-16-13-14-17-22(20)24-19-21-18-23-21/h10-11,13-14,16-17,21H,2-9,12,15,18-19H2,1H3/b11-10+. The van der Waals surface area contributed by atoms with Gasteiger partial charge in [0.15, 0.2) is 0 Å². The molecule has 1 aromatic carbocycles. The van der Waals surface area contributed by atoms with Gasteiger partial charge in [0.2, 0.25) is 0 Å². The third-order valence-corrected chi connectivity index (χ3v) is 4.52. The van der Waals surface area contributed by atoms with Crippen molar-refractivity contribution < 1.29 is 9.47 Å². The first kappa shape index (κ1) is 19.1. The molecule has 1 heterocycles. The number of unbranched alkanes of at least 4 members (excludes halogenated alkanes) is 7. The van der Waals surface area contributed by atoms with Crippen LogP contribution in [0, 0.1) is 0 Å². The first-order valence-corrected chi connectivity index (χ1v) is 9.87. The second-order valence-corrected chi connectivity index (χ2v) is 6.79. The largest absolute Gasteiger partial charge is 0.491 e. The lowest BCUT2D eigenvalue weighted by molar-refractivity contribution is 0.261. The first-order chi connectivity index (χ1) is 11.9. The number of rotatable bonds is 14. The maximum atomic E-state index is 5.86. The molecule has 0 N–H and O–H groups in total. The number of benzene rings is 1. The molecule has 134 valence electrons. The van der Waals surface area contributed by atoms with E-state index in [0.29, 0.717) is 12.7 Å². The quantitative estimate of drug-likeness (QED) is 0.234. The van der Waals surface area contributed by atoms with Gasteiger partial charge in [0.05, 0.1) is 6.61 Å². The monoisotopic (exact) mass is 330 g/mol. The van der Waals surface area contributed by atoms with Crippen LogP contribution in [-0.4, -0.2) is 19.3 Å². The maximum Gasteiger partial charge on any atom is 0.122 e. The van der Waals surface area contributed by atoms with Crippen molar-refractivity contribution in [2.75, 3.05) is 13.2 Å². The molecule has 1 atom stereocenters. The van der Waals surface area contributed by atoms with Crippen molar-refractivity contribution in [3.05, 3.63) is 42.0 Å². The number of hydrogen-bond donors (Lipinski definition) is 0.